The molecule has 0 saturated carbocycles. The summed E-state index contributed by atoms with van der Waals surface area (Å²) in [7, 11) is 1.55. The summed E-state index contributed by atoms with van der Waals surface area (Å²) >= 11 is 6.04. The summed E-state index contributed by atoms with van der Waals surface area (Å²) in [5.41, 5.74) is 3.48. The van der Waals surface area contributed by atoms with Crippen LogP contribution in [0.1, 0.15) is 15.9 Å². The molecule has 0 bridgehead atoms. The van der Waals surface area contributed by atoms with Crippen LogP contribution in [0.3, 0.4) is 0 Å². The Morgan fingerprint density at radius 2 is 2.04 bits per heavy atom. The Morgan fingerprint density at radius 1 is 1.19 bits per heavy atom. The average molecular weight is 380 g/mol. The van der Waals surface area contributed by atoms with Crippen LogP contribution < -0.4 is 15.0 Å². The maximum Gasteiger partial charge on any atom is 0.255 e. The van der Waals surface area contributed by atoms with E-state index in [2.05, 4.69) is 27.3 Å². The third kappa shape index (κ3) is 3.46. The Hall–Kier alpha value is -3.05. The maximum atomic E-state index is 12.8. The average Bonchev–Trinajstić information content (AvgIpc) is 3.12. The van der Waals surface area contributed by atoms with Gasteiger partial charge in [0.2, 0.25) is 0 Å². The molecule has 0 fully saturated rings. The molecule has 2 heterocycles. The lowest BCUT2D eigenvalue weighted by molar-refractivity contribution is 0.102. The number of halogens is 1. The molecule has 0 radical (unpaired) electrons. The number of nitrogens with one attached hydrogen (secondary N) is 1. The Morgan fingerprint density at radius 3 is 2.89 bits per heavy atom. The first-order valence-electron chi connectivity index (χ1n) is 8.62. The minimum absolute atomic E-state index is 0.244. The molecule has 0 saturated heterocycles. The number of fused-ring (bicyclic) bond motifs is 1. The summed E-state index contributed by atoms with van der Waals surface area (Å²) in [5.74, 6) is 1.06. The van der Waals surface area contributed by atoms with Gasteiger partial charge in [0.15, 0.2) is 0 Å². The first kappa shape index (κ1) is 17.4. The van der Waals surface area contributed by atoms with E-state index in [9.17, 15) is 4.79 Å². The fourth-order valence-electron chi connectivity index (χ4n) is 3.26. The zero-order valence-electron chi connectivity index (χ0n) is 14.8. The number of rotatable bonds is 4. The largest absolute Gasteiger partial charge is 0.495 e. The molecular formula is C21H18ClN3O2. The molecule has 0 aliphatic carbocycles. The first-order chi connectivity index (χ1) is 13.2. The number of anilines is 3. The number of ether oxygens (including phenoxy) is 1. The van der Waals surface area contributed by atoms with Gasteiger partial charge >= 0.3 is 0 Å². The van der Waals surface area contributed by atoms with Crippen LogP contribution >= 0.6 is 11.6 Å². The quantitative estimate of drug-likeness (QED) is 0.714. The number of carbonyl (C=O) groups is 1. The summed E-state index contributed by atoms with van der Waals surface area (Å²) in [6, 6.07) is 16.8. The van der Waals surface area contributed by atoms with Crippen molar-refractivity contribution in [1.29, 1.82) is 0 Å². The van der Waals surface area contributed by atoms with E-state index in [-0.39, 0.29) is 5.91 Å². The van der Waals surface area contributed by atoms with Gasteiger partial charge in [-0.1, -0.05) is 29.8 Å². The van der Waals surface area contributed by atoms with E-state index in [1.54, 1.807) is 43.6 Å². The third-order valence-corrected chi connectivity index (χ3v) is 4.82. The fraction of sp³-hybridized carbons (Fsp3) is 0.143. The molecule has 0 unspecified atom stereocenters. The van der Waals surface area contributed by atoms with Crippen molar-refractivity contribution >= 4 is 34.7 Å². The molecule has 4 rings (SSSR count). The van der Waals surface area contributed by atoms with Gasteiger partial charge in [-0.15, -0.1) is 0 Å². The highest BCUT2D eigenvalue weighted by atomic mass is 35.5. The van der Waals surface area contributed by atoms with Crippen molar-refractivity contribution < 1.29 is 9.53 Å². The predicted molar refractivity (Wildman–Crippen MR) is 107 cm³/mol. The van der Waals surface area contributed by atoms with Gasteiger partial charge in [-0.2, -0.15) is 0 Å². The number of hydrogen-bond acceptors (Lipinski definition) is 4. The van der Waals surface area contributed by atoms with Crippen LogP contribution in [0.15, 0.2) is 60.8 Å². The highest BCUT2D eigenvalue weighted by Gasteiger charge is 2.21. The standard InChI is InChI=1S/C21H18ClN3O2/c1-27-19-7-6-16(22)13-17(19)24-21(26)15-8-10-23-20(12-15)25-11-9-14-4-2-3-5-18(14)25/h2-8,10,12-13H,9,11H2,1H3,(H,24,26). The molecule has 1 amide bonds. The van der Waals surface area contributed by atoms with Gasteiger partial charge in [0.25, 0.3) is 5.91 Å². The van der Waals surface area contributed by atoms with Crippen LogP contribution in [0, 0.1) is 0 Å². The van der Waals surface area contributed by atoms with Crippen molar-refractivity contribution in [2.45, 2.75) is 6.42 Å². The highest BCUT2D eigenvalue weighted by molar-refractivity contribution is 6.31. The summed E-state index contributed by atoms with van der Waals surface area (Å²) < 4.78 is 5.29. The van der Waals surface area contributed by atoms with Crippen LogP contribution in [0.25, 0.3) is 0 Å². The van der Waals surface area contributed by atoms with Crippen molar-refractivity contribution in [2.24, 2.45) is 0 Å². The second-order valence-electron chi connectivity index (χ2n) is 6.23. The second-order valence-corrected chi connectivity index (χ2v) is 6.67. The number of para-hydroxylation sites is 1. The Bertz CT molecular complexity index is 1010. The van der Waals surface area contributed by atoms with Crippen LogP contribution in [0.2, 0.25) is 5.02 Å². The van der Waals surface area contributed by atoms with Crippen LogP contribution in [0.4, 0.5) is 17.2 Å². The predicted octanol–water partition coefficient (Wildman–Crippen LogP) is 4.69. The second kappa shape index (κ2) is 7.29. The molecule has 27 heavy (non-hydrogen) atoms. The van der Waals surface area contributed by atoms with Gasteiger partial charge in [0.05, 0.1) is 12.8 Å². The number of carbonyl (C=O) groups excluding carboxylic acids is 1. The van der Waals surface area contributed by atoms with Gasteiger partial charge in [0, 0.05) is 29.0 Å². The van der Waals surface area contributed by atoms with Crippen molar-refractivity contribution in [2.75, 3.05) is 23.9 Å². The Kier molecular flexibility index (Phi) is 4.69. The molecule has 1 aliphatic heterocycles. The highest BCUT2D eigenvalue weighted by Crippen LogP contribution is 2.33. The lowest BCUT2D eigenvalue weighted by Gasteiger charge is -2.19. The van der Waals surface area contributed by atoms with Gasteiger partial charge in [-0.3, -0.25) is 4.79 Å². The van der Waals surface area contributed by atoms with Crippen molar-refractivity contribution in [3.05, 3.63) is 76.9 Å². The van der Waals surface area contributed by atoms with Crippen molar-refractivity contribution in [3.63, 3.8) is 0 Å². The minimum Gasteiger partial charge on any atom is -0.495 e. The van der Waals surface area contributed by atoms with Crippen molar-refractivity contribution in [3.8, 4) is 5.75 Å². The van der Waals surface area contributed by atoms with Crippen LogP contribution in [0.5, 0.6) is 5.75 Å². The summed E-state index contributed by atoms with van der Waals surface area (Å²) in [5, 5.41) is 3.38. The van der Waals surface area contributed by atoms with Gasteiger partial charge in [-0.05, 0) is 48.4 Å². The Labute approximate surface area is 162 Å². The molecule has 0 spiro atoms. The van der Waals surface area contributed by atoms with E-state index in [0.29, 0.717) is 22.0 Å². The van der Waals surface area contributed by atoms with E-state index in [1.807, 2.05) is 12.1 Å². The fourth-order valence-corrected chi connectivity index (χ4v) is 3.43. The topological polar surface area (TPSA) is 54.5 Å². The summed E-state index contributed by atoms with van der Waals surface area (Å²) in [6.07, 6.45) is 2.62. The zero-order chi connectivity index (χ0) is 18.8. The molecule has 1 aliphatic rings. The summed E-state index contributed by atoms with van der Waals surface area (Å²) in [6.45, 7) is 0.847. The number of benzene rings is 2. The zero-order valence-corrected chi connectivity index (χ0v) is 15.5. The van der Waals surface area contributed by atoms with Crippen LogP contribution in [-0.4, -0.2) is 24.5 Å². The van der Waals surface area contributed by atoms with E-state index in [1.165, 1.54) is 5.56 Å². The molecule has 5 nitrogen and oxygen atoms in total. The molecular weight excluding hydrogens is 362 g/mol. The van der Waals surface area contributed by atoms with E-state index in [4.69, 9.17) is 16.3 Å². The number of nitrogens with zero attached hydrogens (tertiary/aromatic N) is 2. The van der Waals surface area contributed by atoms with Crippen LogP contribution in [-0.2, 0) is 6.42 Å². The smallest absolute Gasteiger partial charge is 0.255 e. The number of aromatic nitrogens is 1. The molecule has 136 valence electrons. The van der Waals surface area contributed by atoms with Gasteiger partial charge in [0.1, 0.15) is 11.6 Å². The minimum atomic E-state index is -0.244. The molecule has 0 atom stereocenters. The van der Waals surface area contributed by atoms with E-state index < -0.39 is 0 Å². The lowest BCUT2D eigenvalue weighted by Crippen LogP contribution is -2.17. The van der Waals surface area contributed by atoms with E-state index >= 15 is 0 Å². The van der Waals surface area contributed by atoms with Gasteiger partial charge < -0.3 is 15.0 Å². The number of hydrogen-bond donors (Lipinski definition) is 1. The third-order valence-electron chi connectivity index (χ3n) is 4.58. The molecule has 6 heteroatoms. The number of pyridine rings is 1. The van der Waals surface area contributed by atoms with E-state index in [0.717, 1.165) is 24.5 Å². The van der Waals surface area contributed by atoms with Crippen molar-refractivity contribution in [1.82, 2.24) is 4.98 Å². The normalized spacial score (nSPS) is 12.6. The molecule has 2 aromatic carbocycles. The molecule has 3 aromatic rings. The SMILES string of the molecule is COc1ccc(Cl)cc1NC(=O)c1ccnc(N2CCc3ccccc32)c1. The summed E-state index contributed by atoms with van der Waals surface area (Å²) in [4.78, 5) is 19.3. The first-order valence-corrected chi connectivity index (χ1v) is 9.00. The van der Waals surface area contributed by atoms with Gasteiger partial charge in [-0.25, -0.2) is 4.98 Å². The molecule has 1 N–H and O–H groups in total. The lowest BCUT2D eigenvalue weighted by atomic mass is 10.2. The monoisotopic (exact) mass is 379 g/mol. The number of amides is 1. The number of methoxy groups -OCH3 is 1. The molecule has 1 aromatic heterocycles. The Balaban J connectivity index is 1.60. The maximum absolute atomic E-state index is 12.8.